The van der Waals surface area contributed by atoms with Crippen molar-refractivity contribution in [1.29, 1.82) is 0 Å². The van der Waals surface area contributed by atoms with Crippen LogP contribution in [0.3, 0.4) is 0 Å². The van der Waals surface area contributed by atoms with Crippen LogP contribution < -0.4 is 5.32 Å². The van der Waals surface area contributed by atoms with E-state index in [1.54, 1.807) is 18.2 Å². The number of hydrogen-bond acceptors (Lipinski definition) is 3. The van der Waals surface area contributed by atoms with Crippen molar-refractivity contribution in [2.24, 2.45) is 0 Å². The number of carbonyl (C=O) groups is 2. The topological polar surface area (TPSA) is 49.4 Å². The van der Waals surface area contributed by atoms with Crippen molar-refractivity contribution in [2.45, 2.75) is 11.1 Å². The van der Waals surface area contributed by atoms with Crippen molar-refractivity contribution in [3.05, 3.63) is 66.2 Å². The number of alkyl halides is 3. The number of hydrogen-bond donors (Lipinski definition) is 1. The summed E-state index contributed by atoms with van der Waals surface area (Å²) in [7, 11) is 1.28. The van der Waals surface area contributed by atoms with Crippen molar-refractivity contribution in [3.63, 3.8) is 0 Å². The summed E-state index contributed by atoms with van der Waals surface area (Å²) >= 11 is 1.44. The van der Waals surface area contributed by atoms with Crippen molar-refractivity contribution in [1.82, 2.24) is 4.90 Å². The van der Waals surface area contributed by atoms with Gasteiger partial charge >= 0.3 is 6.18 Å². The standard InChI is InChI=1S/C20H19F3N2O2S/c1-25(13-18(26)24-16-10-6-7-11-17(16)28-2)19(27)12-15(20(21,22)23)14-8-4-3-5-9-14/h3-12H,13H2,1-2H3,(H,24,26)/b15-12-. The molecule has 4 nitrogen and oxygen atoms in total. The van der Waals surface area contributed by atoms with Crippen molar-refractivity contribution < 1.29 is 22.8 Å². The zero-order valence-electron chi connectivity index (χ0n) is 15.3. The number of benzene rings is 2. The minimum absolute atomic E-state index is 0.116. The molecule has 1 N–H and O–H groups in total. The quantitative estimate of drug-likeness (QED) is 0.568. The molecule has 0 atom stereocenters. The van der Waals surface area contributed by atoms with Crippen LogP contribution in [0.5, 0.6) is 0 Å². The summed E-state index contributed by atoms with van der Waals surface area (Å²) in [5.74, 6) is -1.41. The molecule has 0 radical (unpaired) electrons. The fourth-order valence-corrected chi connectivity index (χ4v) is 2.96. The summed E-state index contributed by atoms with van der Waals surface area (Å²) in [6, 6.07) is 14.2. The molecule has 2 rings (SSSR count). The molecule has 0 aliphatic rings. The van der Waals surface area contributed by atoms with Crippen molar-refractivity contribution in [2.75, 3.05) is 25.2 Å². The predicted octanol–water partition coefficient (Wildman–Crippen LogP) is 4.45. The summed E-state index contributed by atoms with van der Waals surface area (Å²) < 4.78 is 40.0. The van der Waals surface area contributed by atoms with Crippen LogP contribution in [0.2, 0.25) is 0 Å². The Kier molecular flexibility index (Phi) is 7.28. The Morgan fingerprint density at radius 1 is 1.07 bits per heavy atom. The van der Waals surface area contributed by atoms with Crippen LogP contribution in [0.25, 0.3) is 5.57 Å². The smallest absolute Gasteiger partial charge is 0.333 e. The summed E-state index contributed by atoms with van der Waals surface area (Å²) in [5, 5.41) is 2.67. The van der Waals surface area contributed by atoms with Crippen LogP contribution in [0.1, 0.15) is 5.56 Å². The minimum Gasteiger partial charge on any atom is -0.333 e. The number of amides is 2. The highest BCUT2D eigenvalue weighted by molar-refractivity contribution is 7.98. The molecular formula is C20H19F3N2O2S. The fourth-order valence-electron chi connectivity index (χ4n) is 2.41. The molecule has 8 heteroatoms. The number of halogens is 3. The van der Waals surface area contributed by atoms with Gasteiger partial charge in [0.1, 0.15) is 0 Å². The third-order valence-corrected chi connectivity index (χ3v) is 4.59. The van der Waals surface area contributed by atoms with E-state index < -0.39 is 23.6 Å². The summed E-state index contributed by atoms with van der Waals surface area (Å²) in [4.78, 5) is 26.2. The largest absolute Gasteiger partial charge is 0.417 e. The maximum Gasteiger partial charge on any atom is 0.417 e. The van der Waals surface area contributed by atoms with Gasteiger partial charge in [0.25, 0.3) is 0 Å². The van der Waals surface area contributed by atoms with Gasteiger partial charge in [-0.25, -0.2) is 0 Å². The van der Waals surface area contributed by atoms with E-state index in [0.717, 1.165) is 9.80 Å². The second kappa shape index (κ2) is 9.45. The van der Waals surface area contributed by atoms with Crippen LogP contribution in [-0.4, -0.2) is 42.7 Å². The van der Waals surface area contributed by atoms with Crippen LogP contribution in [0.15, 0.2) is 65.6 Å². The van der Waals surface area contributed by atoms with Gasteiger partial charge in [-0.05, 0) is 24.0 Å². The first kappa shape index (κ1) is 21.6. The zero-order valence-corrected chi connectivity index (χ0v) is 16.1. The zero-order chi connectivity index (χ0) is 20.7. The van der Waals surface area contributed by atoms with E-state index in [2.05, 4.69) is 5.32 Å². The highest BCUT2D eigenvalue weighted by Crippen LogP contribution is 2.33. The molecule has 0 aromatic heterocycles. The average Bonchev–Trinajstić information content (AvgIpc) is 2.65. The van der Waals surface area contributed by atoms with Crippen LogP contribution in [0.4, 0.5) is 18.9 Å². The summed E-state index contributed by atoms with van der Waals surface area (Å²) in [5.41, 5.74) is -0.593. The van der Waals surface area contributed by atoms with Crippen LogP contribution in [-0.2, 0) is 9.59 Å². The first-order valence-electron chi connectivity index (χ1n) is 8.24. The lowest BCUT2D eigenvalue weighted by Crippen LogP contribution is -2.34. The van der Waals surface area contributed by atoms with E-state index in [1.165, 1.54) is 43.1 Å². The molecule has 0 saturated heterocycles. The van der Waals surface area contributed by atoms with Gasteiger partial charge in [0.2, 0.25) is 11.8 Å². The van der Waals surface area contributed by atoms with Crippen LogP contribution >= 0.6 is 11.8 Å². The van der Waals surface area contributed by atoms with Gasteiger partial charge in [0.05, 0.1) is 17.8 Å². The van der Waals surface area contributed by atoms with Crippen molar-refractivity contribution in [3.8, 4) is 0 Å². The highest BCUT2D eigenvalue weighted by Gasteiger charge is 2.35. The molecule has 0 aliphatic heterocycles. The highest BCUT2D eigenvalue weighted by atomic mass is 32.2. The number of likely N-dealkylation sites (N-methyl/N-ethyl adjacent to an activating group) is 1. The van der Waals surface area contributed by atoms with Crippen LogP contribution in [0, 0.1) is 0 Å². The summed E-state index contributed by atoms with van der Waals surface area (Å²) in [6.07, 6.45) is -2.33. The number of thioether (sulfide) groups is 1. The van der Waals surface area contributed by atoms with E-state index in [0.29, 0.717) is 11.8 Å². The molecule has 0 bridgehead atoms. The molecule has 0 saturated carbocycles. The maximum atomic E-state index is 13.3. The third kappa shape index (κ3) is 5.88. The average molecular weight is 408 g/mol. The Hall–Kier alpha value is -2.74. The normalized spacial score (nSPS) is 11.8. The van der Waals surface area contributed by atoms with E-state index >= 15 is 0 Å². The molecule has 0 fully saturated rings. The maximum absolute atomic E-state index is 13.3. The second-order valence-corrected chi connectivity index (χ2v) is 6.71. The number of nitrogens with zero attached hydrogens (tertiary/aromatic N) is 1. The van der Waals surface area contributed by atoms with E-state index in [1.807, 2.05) is 18.4 Å². The Morgan fingerprint density at radius 3 is 2.29 bits per heavy atom. The number of para-hydroxylation sites is 1. The number of rotatable bonds is 6. The molecule has 0 aliphatic carbocycles. The second-order valence-electron chi connectivity index (χ2n) is 5.86. The lowest BCUT2D eigenvalue weighted by Gasteiger charge is -2.18. The van der Waals surface area contributed by atoms with Gasteiger partial charge in [0.15, 0.2) is 0 Å². The molecule has 0 heterocycles. The van der Waals surface area contributed by atoms with Crippen molar-refractivity contribution >= 4 is 34.8 Å². The molecule has 2 amide bonds. The fraction of sp³-hybridized carbons (Fsp3) is 0.200. The molecule has 2 aromatic carbocycles. The van der Waals surface area contributed by atoms with Gasteiger partial charge < -0.3 is 10.2 Å². The lowest BCUT2D eigenvalue weighted by molar-refractivity contribution is -0.129. The molecule has 28 heavy (non-hydrogen) atoms. The van der Waals surface area contributed by atoms with E-state index in [4.69, 9.17) is 0 Å². The molecule has 2 aromatic rings. The van der Waals surface area contributed by atoms with Gasteiger partial charge in [-0.2, -0.15) is 13.2 Å². The minimum atomic E-state index is -4.70. The molecule has 0 spiro atoms. The van der Waals surface area contributed by atoms with Gasteiger partial charge in [0, 0.05) is 18.0 Å². The Labute approximate surface area is 165 Å². The lowest BCUT2D eigenvalue weighted by atomic mass is 10.0. The summed E-state index contributed by atoms with van der Waals surface area (Å²) in [6.45, 7) is -0.377. The van der Waals surface area contributed by atoms with Gasteiger partial charge in [-0.15, -0.1) is 11.8 Å². The Balaban J connectivity index is 2.12. The molecule has 0 unspecified atom stereocenters. The predicted molar refractivity (Wildman–Crippen MR) is 105 cm³/mol. The van der Waals surface area contributed by atoms with Gasteiger partial charge in [-0.1, -0.05) is 42.5 Å². The number of anilines is 1. The molecular weight excluding hydrogens is 389 g/mol. The monoisotopic (exact) mass is 408 g/mol. The van der Waals surface area contributed by atoms with E-state index in [-0.39, 0.29) is 12.1 Å². The number of allylic oxidation sites excluding steroid dienone is 1. The molecule has 148 valence electrons. The number of nitrogens with one attached hydrogen (secondary N) is 1. The Bertz CT molecular complexity index is 867. The third-order valence-electron chi connectivity index (χ3n) is 3.80. The first-order valence-corrected chi connectivity index (χ1v) is 9.47. The number of carbonyl (C=O) groups excluding carboxylic acids is 2. The first-order chi connectivity index (χ1) is 13.2. The van der Waals surface area contributed by atoms with E-state index in [9.17, 15) is 22.8 Å². The Morgan fingerprint density at radius 2 is 1.68 bits per heavy atom. The SMILES string of the molecule is CSc1ccccc1NC(=O)CN(C)C(=O)/C=C(/c1ccccc1)C(F)(F)F. The van der Waals surface area contributed by atoms with Gasteiger partial charge in [-0.3, -0.25) is 9.59 Å².